The lowest BCUT2D eigenvalue weighted by Crippen LogP contribution is -2.47. The molecule has 3 rings (SSSR count). The maximum Gasteiger partial charge on any atom is 0.246 e. The highest BCUT2D eigenvalue weighted by molar-refractivity contribution is 5.91. The predicted molar refractivity (Wildman–Crippen MR) is 103 cm³/mol. The van der Waals surface area contributed by atoms with E-state index < -0.39 is 0 Å². The Labute approximate surface area is 155 Å². The fraction of sp³-hybridized carbons (Fsp3) is 0.429. The highest BCUT2D eigenvalue weighted by atomic mass is 16.5. The lowest BCUT2D eigenvalue weighted by molar-refractivity contribution is -0.131. The summed E-state index contributed by atoms with van der Waals surface area (Å²) in [6.45, 7) is 3.51. The number of benzene rings is 1. The number of ether oxygens (including phenoxy) is 1. The lowest BCUT2D eigenvalue weighted by atomic mass is 9.87. The van der Waals surface area contributed by atoms with Crippen LogP contribution in [-0.2, 0) is 23.0 Å². The van der Waals surface area contributed by atoms with Gasteiger partial charge >= 0.3 is 0 Å². The molecule has 5 heteroatoms. The van der Waals surface area contributed by atoms with Gasteiger partial charge in [-0.25, -0.2) is 0 Å². The Morgan fingerprint density at radius 3 is 2.77 bits per heavy atom. The molecule has 1 aliphatic heterocycles. The normalized spacial score (nSPS) is 20.7. The van der Waals surface area contributed by atoms with Crippen LogP contribution in [0.25, 0.3) is 6.08 Å². The summed E-state index contributed by atoms with van der Waals surface area (Å²) in [5.74, 6) is 0.471. The molecular weight excluding hydrogens is 326 g/mol. The molecule has 1 saturated heterocycles. The summed E-state index contributed by atoms with van der Waals surface area (Å²) in [4.78, 5) is 14.4. The van der Waals surface area contributed by atoms with Crippen molar-refractivity contribution in [1.29, 1.82) is 0 Å². The number of aryl methyl sites for hydroxylation is 2. The van der Waals surface area contributed by atoms with E-state index in [0.29, 0.717) is 12.5 Å². The standard InChI is InChI=1S/C21H27N3O2/c1-16-4-6-17(7-5-16)12-19-10-11-24(15-20(19)26-3)21(25)9-8-18-13-22-23(2)14-18/h4-9,13-14,19-20H,10-12,15H2,1-3H3/b9-8+/t19-,20+/m1/s1. The Morgan fingerprint density at radius 2 is 2.12 bits per heavy atom. The van der Waals surface area contributed by atoms with E-state index in [0.717, 1.165) is 24.9 Å². The number of amides is 1. The topological polar surface area (TPSA) is 47.4 Å². The zero-order chi connectivity index (χ0) is 18.5. The van der Waals surface area contributed by atoms with Crippen LogP contribution in [0.2, 0.25) is 0 Å². The Morgan fingerprint density at radius 1 is 1.35 bits per heavy atom. The zero-order valence-electron chi connectivity index (χ0n) is 15.8. The van der Waals surface area contributed by atoms with E-state index in [1.54, 1.807) is 24.1 Å². The Hall–Kier alpha value is -2.40. The Bertz CT molecular complexity index is 764. The van der Waals surface area contributed by atoms with Gasteiger partial charge in [0.05, 0.1) is 12.3 Å². The molecule has 1 aromatic carbocycles. The van der Waals surface area contributed by atoms with E-state index in [9.17, 15) is 4.79 Å². The van der Waals surface area contributed by atoms with E-state index >= 15 is 0 Å². The molecule has 0 spiro atoms. The molecule has 26 heavy (non-hydrogen) atoms. The number of nitrogens with zero attached hydrogens (tertiary/aromatic N) is 3. The molecule has 138 valence electrons. The van der Waals surface area contributed by atoms with Crippen molar-refractivity contribution in [2.75, 3.05) is 20.2 Å². The minimum absolute atomic E-state index is 0.0321. The molecule has 1 aromatic heterocycles. The molecule has 1 fully saturated rings. The number of piperidine rings is 1. The first-order valence-corrected chi connectivity index (χ1v) is 9.09. The van der Waals surface area contributed by atoms with Gasteiger partial charge in [0, 0.05) is 45.1 Å². The van der Waals surface area contributed by atoms with Crippen molar-refractivity contribution in [3.63, 3.8) is 0 Å². The number of rotatable bonds is 5. The summed E-state index contributed by atoms with van der Waals surface area (Å²) in [6.07, 6.45) is 9.09. The maximum atomic E-state index is 12.5. The van der Waals surface area contributed by atoms with Crippen molar-refractivity contribution in [2.45, 2.75) is 25.9 Å². The fourth-order valence-electron chi connectivity index (χ4n) is 3.49. The average molecular weight is 353 g/mol. The summed E-state index contributed by atoms with van der Waals surface area (Å²) in [7, 11) is 3.60. The number of methoxy groups -OCH3 is 1. The van der Waals surface area contributed by atoms with Crippen molar-refractivity contribution in [3.8, 4) is 0 Å². The van der Waals surface area contributed by atoms with Gasteiger partial charge in [-0.3, -0.25) is 9.48 Å². The van der Waals surface area contributed by atoms with E-state index in [1.165, 1.54) is 11.1 Å². The molecule has 0 bridgehead atoms. The first kappa shape index (κ1) is 18.4. The molecule has 0 saturated carbocycles. The van der Waals surface area contributed by atoms with Gasteiger partial charge in [-0.05, 0) is 37.3 Å². The molecule has 0 N–H and O–H groups in total. The Balaban J connectivity index is 1.59. The molecule has 1 aliphatic rings. The molecule has 0 aliphatic carbocycles. The second-order valence-corrected chi connectivity index (χ2v) is 7.08. The van der Waals surface area contributed by atoms with Gasteiger partial charge in [0.25, 0.3) is 0 Å². The summed E-state index contributed by atoms with van der Waals surface area (Å²) in [6, 6.07) is 8.69. The molecule has 5 nitrogen and oxygen atoms in total. The van der Waals surface area contributed by atoms with E-state index in [1.807, 2.05) is 24.2 Å². The molecule has 0 radical (unpaired) electrons. The van der Waals surface area contributed by atoms with Crippen LogP contribution >= 0.6 is 0 Å². The summed E-state index contributed by atoms with van der Waals surface area (Å²) in [5.41, 5.74) is 3.54. The third-order valence-electron chi connectivity index (χ3n) is 5.07. The van der Waals surface area contributed by atoms with Crippen LogP contribution in [0.3, 0.4) is 0 Å². The first-order valence-electron chi connectivity index (χ1n) is 9.09. The minimum Gasteiger partial charge on any atom is -0.379 e. The monoisotopic (exact) mass is 353 g/mol. The quantitative estimate of drug-likeness (QED) is 0.777. The van der Waals surface area contributed by atoms with Gasteiger partial charge < -0.3 is 9.64 Å². The average Bonchev–Trinajstić information content (AvgIpc) is 3.07. The number of likely N-dealkylation sites (tertiary alicyclic amines) is 1. The van der Waals surface area contributed by atoms with Gasteiger partial charge in [0.2, 0.25) is 5.91 Å². The maximum absolute atomic E-state index is 12.5. The van der Waals surface area contributed by atoms with Crippen molar-refractivity contribution < 1.29 is 9.53 Å². The summed E-state index contributed by atoms with van der Waals surface area (Å²) < 4.78 is 7.44. The summed E-state index contributed by atoms with van der Waals surface area (Å²) >= 11 is 0. The third-order valence-corrected chi connectivity index (χ3v) is 5.07. The highest BCUT2D eigenvalue weighted by Gasteiger charge is 2.30. The number of hydrogen-bond donors (Lipinski definition) is 0. The fourth-order valence-corrected chi connectivity index (χ4v) is 3.49. The molecule has 2 atom stereocenters. The Kier molecular flexibility index (Phi) is 5.89. The second-order valence-electron chi connectivity index (χ2n) is 7.08. The number of aromatic nitrogens is 2. The first-order chi connectivity index (χ1) is 12.5. The van der Waals surface area contributed by atoms with Crippen molar-refractivity contribution >= 4 is 12.0 Å². The SMILES string of the molecule is CO[C@H]1CN(C(=O)/C=C/c2cnn(C)c2)CC[C@@H]1Cc1ccc(C)cc1. The molecule has 1 amide bonds. The van der Waals surface area contributed by atoms with Crippen LogP contribution in [-0.4, -0.2) is 46.9 Å². The van der Waals surface area contributed by atoms with E-state index in [4.69, 9.17) is 4.74 Å². The second kappa shape index (κ2) is 8.32. The van der Waals surface area contributed by atoms with E-state index in [2.05, 4.69) is 36.3 Å². The van der Waals surface area contributed by atoms with Crippen molar-refractivity contribution in [1.82, 2.24) is 14.7 Å². The number of carbonyl (C=O) groups is 1. The molecule has 2 heterocycles. The molecular formula is C21H27N3O2. The molecule has 2 aromatic rings. The predicted octanol–water partition coefficient (Wildman–Crippen LogP) is 2.85. The highest BCUT2D eigenvalue weighted by Crippen LogP contribution is 2.24. The van der Waals surface area contributed by atoms with Crippen molar-refractivity contribution in [3.05, 3.63) is 59.4 Å². The van der Waals surface area contributed by atoms with Crippen molar-refractivity contribution in [2.24, 2.45) is 13.0 Å². The lowest BCUT2D eigenvalue weighted by Gasteiger charge is -2.37. The van der Waals surface area contributed by atoms with Crippen LogP contribution in [0.5, 0.6) is 0 Å². The largest absolute Gasteiger partial charge is 0.379 e. The van der Waals surface area contributed by atoms with Crippen LogP contribution in [0.4, 0.5) is 0 Å². The van der Waals surface area contributed by atoms with Crippen LogP contribution in [0.1, 0.15) is 23.1 Å². The van der Waals surface area contributed by atoms with E-state index in [-0.39, 0.29) is 12.0 Å². The number of carbonyl (C=O) groups excluding carboxylic acids is 1. The van der Waals surface area contributed by atoms with Crippen LogP contribution in [0, 0.1) is 12.8 Å². The smallest absolute Gasteiger partial charge is 0.246 e. The number of hydrogen-bond acceptors (Lipinski definition) is 3. The van der Waals surface area contributed by atoms with Crippen LogP contribution < -0.4 is 0 Å². The van der Waals surface area contributed by atoms with Gasteiger partial charge in [-0.1, -0.05) is 29.8 Å². The van der Waals surface area contributed by atoms with Gasteiger partial charge in [-0.15, -0.1) is 0 Å². The van der Waals surface area contributed by atoms with Gasteiger partial charge in [-0.2, -0.15) is 5.10 Å². The summed E-state index contributed by atoms with van der Waals surface area (Å²) in [5, 5.41) is 4.11. The zero-order valence-corrected chi connectivity index (χ0v) is 15.8. The third kappa shape index (κ3) is 4.61. The van der Waals surface area contributed by atoms with Gasteiger partial charge in [0.1, 0.15) is 0 Å². The van der Waals surface area contributed by atoms with Crippen LogP contribution in [0.15, 0.2) is 42.7 Å². The molecule has 0 unspecified atom stereocenters. The minimum atomic E-state index is 0.0321. The van der Waals surface area contributed by atoms with Gasteiger partial charge in [0.15, 0.2) is 0 Å².